The number of carbonyl (C=O) groups is 2. The second-order valence-corrected chi connectivity index (χ2v) is 3.27. The fraction of sp³-hybridized carbons (Fsp3) is 0.778. The van der Waals surface area contributed by atoms with Gasteiger partial charge in [-0.15, -0.1) is 0 Å². The standard InChI is InChI=1S/C9H19N3O3/c1-4-7(8(13)14)11-9(15)12(3)6-5-10-2/h7,10H,4-6H2,1-3H3,(H,11,15)(H,13,14). The molecular weight excluding hydrogens is 198 g/mol. The molecule has 15 heavy (non-hydrogen) atoms. The average molecular weight is 217 g/mol. The van der Waals surface area contributed by atoms with Gasteiger partial charge in [0.25, 0.3) is 0 Å². The molecule has 0 radical (unpaired) electrons. The van der Waals surface area contributed by atoms with E-state index in [-0.39, 0.29) is 6.03 Å². The molecule has 0 fully saturated rings. The average Bonchev–Trinajstić information content (AvgIpc) is 2.21. The molecule has 6 heteroatoms. The number of aliphatic carboxylic acids is 1. The van der Waals surface area contributed by atoms with Gasteiger partial charge in [0.2, 0.25) is 0 Å². The molecule has 3 N–H and O–H groups in total. The van der Waals surface area contributed by atoms with Gasteiger partial charge in [-0.2, -0.15) is 0 Å². The summed E-state index contributed by atoms with van der Waals surface area (Å²) in [6.07, 6.45) is 0.376. The molecule has 88 valence electrons. The van der Waals surface area contributed by atoms with Crippen LogP contribution in [0.5, 0.6) is 0 Å². The molecule has 1 atom stereocenters. The minimum absolute atomic E-state index is 0.362. The molecule has 0 rings (SSSR count). The van der Waals surface area contributed by atoms with Crippen molar-refractivity contribution in [1.82, 2.24) is 15.5 Å². The van der Waals surface area contributed by atoms with E-state index in [2.05, 4.69) is 10.6 Å². The van der Waals surface area contributed by atoms with Crippen molar-refractivity contribution in [3.05, 3.63) is 0 Å². The molecule has 0 saturated heterocycles. The Balaban J connectivity index is 4.04. The molecule has 0 bridgehead atoms. The van der Waals surface area contributed by atoms with E-state index in [1.165, 1.54) is 4.90 Å². The van der Waals surface area contributed by atoms with Gasteiger partial charge >= 0.3 is 12.0 Å². The van der Waals surface area contributed by atoms with Gasteiger partial charge in [-0.05, 0) is 13.5 Å². The Hall–Kier alpha value is -1.30. The van der Waals surface area contributed by atoms with Crippen LogP contribution in [0.2, 0.25) is 0 Å². The van der Waals surface area contributed by atoms with Gasteiger partial charge in [0.05, 0.1) is 0 Å². The predicted molar refractivity (Wildman–Crippen MR) is 56.8 cm³/mol. The van der Waals surface area contributed by atoms with Gasteiger partial charge < -0.3 is 20.6 Å². The van der Waals surface area contributed by atoms with Crippen LogP contribution in [-0.2, 0) is 4.79 Å². The van der Waals surface area contributed by atoms with Crippen LogP contribution in [0, 0.1) is 0 Å². The van der Waals surface area contributed by atoms with Crippen molar-refractivity contribution in [2.24, 2.45) is 0 Å². The molecule has 0 aromatic rings. The number of nitrogens with one attached hydrogen (secondary N) is 2. The highest BCUT2D eigenvalue weighted by Gasteiger charge is 2.19. The van der Waals surface area contributed by atoms with E-state index >= 15 is 0 Å². The Bertz CT molecular complexity index is 221. The van der Waals surface area contributed by atoms with Crippen LogP contribution in [0.4, 0.5) is 4.79 Å². The topological polar surface area (TPSA) is 81.7 Å². The highest BCUT2D eigenvalue weighted by molar-refractivity contribution is 5.82. The van der Waals surface area contributed by atoms with Crippen molar-refractivity contribution >= 4 is 12.0 Å². The van der Waals surface area contributed by atoms with Crippen LogP contribution >= 0.6 is 0 Å². The number of rotatable bonds is 6. The first kappa shape index (κ1) is 13.7. The number of hydrogen-bond acceptors (Lipinski definition) is 3. The van der Waals surface area contributed by atoms with E-state index in [4.69, 9.17) is 5.11 Å². The van der Waals surface area contributed by atoms with E-state index in [1.54, 1.807) is 21.0 Å². The molecule has 2 amide bonds. The van der Waals surface area contributed by atoms with E-state index in [9.17, 15) is 9.59 Å². The third-order valence-electron chi connectivity index (χ3n) is 2.05. The number of urea groups is 1. The van der Waals surface area contributed by atoms with Crippen LogP contribution in [0.25, 0.3) is 0 Å². The predicted octanol–water partition coefficient (Wildman–Crippen LogP) is -0.290. The minimum atomic E-state index is -1.01. The molecular formula is C9H19N3O3. The van der Waals surface area contributed by atoms with Gasteiger partial charge in [0.15, 0.2) is 0 Å². The summed E-state index contributed by atoms with van der Waals surface area (Å²) in [6.45, 7) is 2.93. The minimum Gasteiger partial charge on any atom is -0.480 e. The zero-order valence-corrected chi connectivity index (χ0v) is 9.41. The lowest BCUT2D eigenvalue weighted by Gasteiger charge is -2.20. The maximum atomic E-state index is 11.4. The summed E-state index contributed by atoms with van der Waals surface area (Å²) in [4.78, 5) is 23.5. The number of hydrogen-bond donors (Lipinski definition) is 3. The Morgan fingerprint density at radius 3 is 2.47 bits per heavy atom. The quantitative estimate of drug-likeness (QED) is 0.571. The zero-order valence-electron chi connectivity index (χ0n) is 9.41. The first-order chi connectivity index (χ1) is 7.02. The van der Waals surface area contributed by atoms with E-state index in [0.717, 1.165) is 0 Å². The third-order valence-corrected chi connectivity index (χ3v) is 2.05. The van der Waals surface area contributed by atoms with Crippen molar-refractivity contribution in [1.29, 1.82) is 0 Å². The molecule has 0 aliphatic heterocycles. The zero-order chi connectivity index (χ0) is 11.8. The van der Waals surface area contributed by atoms with Crippen LogP contribution < -0.4 is 10.6 Å². The van der Waals surface area contributed by atoms with Crippen molar-refractivity contribution in [3.63, 3.8) is 0 Å². The number of carboxylic acid groups (broad SMARTS) is 1. The smallest absolute Gasteiger partial charge is 0.326 e. The summed E-state index contributed by atoms with van der Waals surface area (Å²) < 4.78 is 0. The summed E-state index contributed by atoms with van der Waals surface area (Å²) in [5.74, 6) is -1.01. The fourth-order valence-electron chi connectivity index (χ4n) is 0.979. The molecule has 0 saturated carbocycles. The van der Waals surface area contributed by atoms with Crippen LogP contribution in [0.1, 0.15) is 13.3 Å². The molecule has 0 heterocycles. The highest BCUT2D eigenvalue weighted by Crippen LogP contribution is 1.93. The largest absolute Gasteiger partial charge is 0.480 e. The van der Waals surface area contributed by atoms with Crippen molar-refractivity contribution in [2.45, 2.75) is 19.4 Å². The van der Waals surface area contributed by atoms with Crippen LogP contribution in [-0.4, -0.2) is 55.2 Å². The lowest BCUT2D eigenvalue weighted by molar-refractivity contribution is -0.139. The number of carbonyl (C=O) groups excluding carboxylic acids is 1. The third kappa shape index (κ3) is 5.21. The highest BCUT2D eigenvalue weighted by atomic mass is 16.4. The summed E-state index contributed by atoms with van der Waals surface area (Å²) in [7, 11) is 3.42. The normalized spacial score (nSPS) is 11.9. The molecule has 0 aromatic carbocycles. The molecule has 6 nitrogen and oxygen atoms in total. The molecule has 1 unspecified atom stereocenters. The maximum Gasteiger partial charge on any atom is 0.326 e. The summed E-state index contributed by atoms with van der Waals surface area (Å²) >= 11 is 0. The first-order valence-corrected chi connectivity index (χ1v) is 4.92. The van der Waals surface area contributed by atoms with E-state index in [0.29, 0.717) is 19.5 Å². The summed E-state index contributed by atoms with van der Waals surface area (Å²) in [6, 6.07) is -1.17. The number of carboxylic acids is 1. The second-order valence-electron chi connectivity index (χ2n) is 3.27. The van der Waals surface area contributed by atoms with Gasteiger partial charge in [0, 0.05) is 20.1 Å². The van der Waals surface area contributed by atoms with Gasteiger partial charge in [0.1, 0.15) is 6.04 Å². The van der Waals surface area contributed by atoms with Crippen molar-refractivity contribution in [2.75, 3.05) is 27.2 Å². The Morgan fingerprint density at radius 1 is 1.47 bits per heavy atom. The lowest BCUT2D eigenvalue weighted by Crippen LogP contribution is -2.47. The lowest BCUT2D eigenvalue weighted by atomic mass is 10.2. The Labute approximate surface area is 89.6 Å². The molecule has 0 spiro atoms. The fourth-order valence-corrected chi connectivity index (χ4v) is 0.979. The van der Waals surface area contributed by atoms with Gasteiger partial charge in [-0.3, -0.25) is 0 Å². The van der Waals surface area contributed by atoms with E-state index < -0.39 is 12.0 Å². The van der Waals surface area contributed by atoms with Crippen LogP contribution in [0.3, 0.4) is 0 Å². The maximum absolute atomic E-state index is 11.4. The number of nitrogens with zero attached hydrogens (tertiary/aromatic N) is 1. The van der Waals surface area contributed by atoms with Crippen LogP contribution in [0.15, 0.2) is 0 Å². The second kappa shape index (κ2) is 7.05. The summed E-state index contributed by atoms with van der Waals surface area (Å²) in [5, 5.41) is 14.1. The Morgan fingerprint density at radius 2 is 2.07 bits per heavy atom. The number of likely N-dealkylation sites (N-methyl/N-ethyl adjacent to an activating group) is 2. The SMILES string of the molecule is CCC(NC(=O)N(C)CCNC)C(=O)O. The molecule has 0 aromatic heterocycles. The van der Waals surface area contributed by atoms with Crippen molar-refractivity contribution in [3.8, 4) is 0 Å². The van der Waals surface area contributed by atoms with E-state index in [1.807, 2.05) is 0 Å². The van der Waals surface area contributed by atoms with Gasteiger partial charge in [-0.25, -0.2) is 9.59 Å². The first-order valence-electron chi connectivity index (χ1n) is 4.92. The summed E-state index contributed by atoms with van der Waals surface area (Å²) in [5.41, 5.74) is 0. The number of amides is 2. The van der Waals surface area contributed by atoms with Gasteiger partial charge in [-0.1, -0.05) is 6.92 Å². The molecule has 0 aliphatic carbocycles. The molecule has 0 aliphatic rings. The monoisotopic (exact) mass is 217 g/mol. The van der Waals surface area contributed by atoms with Crippen molar-refractivity contribution < 1.29 is 14.7 Å². The Kier molecular flexibility index (Phi) is 6.44.